The first kappa shape index (κ1) is 25.5. The number of nitrogens with zero attached hydrogens (tertiary/aromatic N) is 2. The van der Waals surface area contributed by atoms with Gasteiger partial charge >= 0.3 is 17.8 Å². The van der Waals surface area contributed by atoms with Crippen molar-refractivity contribution in [1.82, 2.24) is 9.13 Å². The van der Waals surface area contributed by atoms with Gasteiger partial charge < -0.3 is 19.0 Å². The van der Waals surface area contributed by atoms with Crippen LogP contribution in [0.2, 0.25) is 0 Å². The Labute approximate surface area is 191 Å². The summed E-state index contributed by atoms with van der Waals surface area (Å²) in [5.41, 5.74) is -4.92. The molecule has 0 saturated carbocycles. The van der Waals surface area contributed by atoms with Gasteiger partial charge in [-0.15, -0.1) is 5.92 Å². The minimum absolute atomic E-state index is 0.0108. The summed E-state index contributed by atoms with van der Waals surface area (Å²) in [5, 5.41) is 9.61. The van der Waals surface area contributed by atoms with Crippen molar-refractivity contribution in [3.8, 4) is 11.8 Å². The predicted octanol–water partition coefficient (Wildman–Crippen LogP) is 2.02. The van der Waals surface area contributed by atoms with E-state index in [-0.39, 0.29) is 17.6 Å². The van der Waals surface area contributed by atoms with Crippen LogP contribution in [0.4, 0.5) is 13.2 Å². The molecular formula is C22H23F3N2O7. The molecule has 3 heterocycles. The summed E-state index contributed by atoms with van der Waals surface area (Å²) in [4.78, 5) is 38.0. The number of ether oxygens (including phenoxy) is 2. The number of hydrogen-bond donors (Lipinski definition) is 1. The minimum Gasteiger partial charge on any atom is -0.459 e. The fraction of sp³-hybridized carbons (Fsp3) is 0.500. The molecule has 3 rings (SSSR count). The van der Waals surface area contributed by atoms with E-state index in [1.165, 1.54) is 6.07 Å². The summed E-state index contributed by atoms with van der Waals surface area (Å²) in [6.07, 6.45) is -6.34. The van der Waals surface area contributed by atoms with Gasteiger partial charge in [0.05, 0.1) is 19.0 Å². The number of aromatic nitrogens is 2. The first-order valence-electron chi connectivity index (χ1n) is 10.4. The average Bonchev–Trinajstić information content (AvgIpc) is 3.42. The van der Waals surface area contributed by atoms with Gasteiger partial charge in [0.2, 0.25) is 0 Å². The summed E-state index contributed by atoms with van der Waals surface area (Å²) in [6, 6.07) is 2.39. The summed E-state index contributed by atoms with van der Waals surface area (Å²) in [6.45, 7) is 3.45. The van der Waals surface area contributed by atoms with Crippen LogP contribution in [0, 0.1) is 17.8 Å². The van der Waals surface area contributed by atoms with Crippen LogP contribution in [0.15, 0.2) is 38.6 Å². The molecule has 0 aromatic carbocycles. The number of rotatable bonds is 6. The molecular weight excluding hydrogens is 461 g/mol. The highest BCUT2D eigenvalue weighted by Crippen LogP contribution is 2.31. The molecule has 0 bridgehead atoms. The van der Waals surface area contributed by atoms with Crippen LogP contribution in [0.5, 0.6) is 0 Å². The lowest BCUT2D eigenvalue weighted by Crippen LogP contribution is -2.47. The number of aliphatic hydroxyl groups excluding tert-OH is 1. The lowest BCUT2D eigenvalue weighted by atomic mass is 10.1. The van der Waals surface area contributed by atoms with E-state index in [4.69, 9.17) is 13.9 Å². The third kappa shape index (κ3) is 5.49. The lowest BCUT2D eigenvalue weighted by molar-refractivity contribution is -0.139. The second-order valence-electron chi connectivity index (χ2n) is 8.00. The number of aliphatic hydroxyl groups is 1. The molecule has 1 N–H and O–H groups in total. The molecule has 184 valence electrons. The molecule has 9 nitrogen and oxygen atoms in total. The maximum Gasteiger partial charge on any atom is 0.423 e. The van der Waals surface area contributed by atoms with E-state index in [9.17, 15) is 32.7 Å². The minimum atomic E-state index is -5.16. The van der Waals surface area contributed by atoms with Crippen molar-refractivity contribution in [2.75, 3.05) is 13.2 Å². The second-order valence-corrected chi connectivity index (χ2v) is 8.00. The number of hydrogen-bond acceptors (Lipinski definition) is 7. The SMILES string of the molecule is CC(C)CC#CCO[C@H]1C[C@H](n2cc(C(F)(F)F)c(=O)n(C(=O)c3ccco3)c2=O)O[C@@H]1CO. The van der Waals surface area contributed by atoms with Crippen LogP contribution in [0.1, 0.15) is 49.0 Å². The van der Waals surface area contributed by atoms with Gasteiger partial charge in [-0.3, -0.25) is 14.2 Å². The fourth-order valence-electron chi connectivity index (χ4n) is 3.35. The van der Waals surface area contributed by atoms with Crippen molar-refractivity contribution in [3.63, 3.8) is 0 Å². The Morgan fingerprint density at radius 1 is 1.32 bits per heavy atom. The van der Waals surface area contributed by atoms with Crippen molar-refractivity contribution >= 4 is 5.91 Å². The molecule has 1 aliphatic rings. The first-order valence-corrected chi connectivity index (χ1v) is 10.4. The van der Waals surface area contributed by atoms with Crippen molar-refractivity contribution in [2.24, 2.45) is 5.92 Å². The maximum atomic E-state index is 13.6. The van der Waals surface area contributed by atoms with E-state index >= 15 is 0 Å². The maximum absolute atomic E-state index is 13.6. The van der Waals surface area contributed by atoms with Crippen LogP contribution in [0.3, 0.4) is 0 Å². The molecule has 0 spiro atoms. The summed E-state index contributed by atoms with van der Waals surface area (Å²) in [5.74, 6) is 4.23. The Morgan fingerprint density at radius 3 is 2.65 bits per heavy atom. The van der Waals surface area contributed by atoms with E-state index in [0.717, 1.165) is 12.3 Å². The van der Waals surface area contributed by atoms with E-state index in [2.05, 4.69) is 11.8 Å². The quantitative estimate of drug-likeness (QED) is 0.625. The van der Waals surface area contributed by atoms with Gasteiger partial charge in [0.1, 0.15) is 24.5 Å². The molecule has 2 aromatic heterocycles. The molecule has 0 unspecified atom stereocenters. The highest BCUT2D eigenvalue weighted by molar-refractivity contribution is 5.93. The zero-order valence-electron chi connectivity index (χ0n) is 18.4. The third-order valence-electron chi connectivity index (χ3n) is 5.03. The number of carbonyl (C=O) groups excluding carboxylic acids is 1. The van der Waals surface area contributed by atoms with Gasteiger partial charge in [-0.05, 0) is 18.1 Å². The van der Waals surface area contributed by atoms with E-state index in [1.54, 1.807) is 0 Å². The molecule has 1 saturated heterocycles. The Kier molecular flexibility index (Phi) is 7.81. The molecule has 12 heteroatoms. The van der Waals surface area contributed by atoms with Gasteiger partial charge in [-0.1, -0.05) is 19.8 Å². The van der Waals surface area contributed by atoms with E-state index < -0.39 is 59.7 Å². The average molecular weight is 484 g/mol. The number of alkyl halides is 3. The van der Waals surface area contributed by atoms with Crippen LogP contribution >= 0.6 is 0 Å². The Hall–Kier alpha value is -3.14. The summed E-state index contributed by atoms with van der Waals surface area (Å²) >= 11 is 0. The molecule has 1 fully saturated rings. The number of halogens is 3. The van der Waals surface area contributed by atoms with Crippen molar-refractivity contribution in [3.05, 3.63) is 56.8 Å². The topological polar surface area (TPSA) is 113 Å². The van der Waals surface area contributed by atoms with Gasteiger partial charge in [-0.2, -0.15) is 17.7 Å². The Balaban J connectivity index is 1.96. The third-order valence-corrected chi connectivity index (χ3v) is 5.03. The smallest absolute Gasteiger partial charge is 0.423 e. The van der Waals surface area contributed by atoms with Crippen molar-refractivity contribution < 1.29 is 37.0 Å². The number of furan rings is 1. The van der Waals surface area contributed by atoms with Crippen molar-refractivity contribution in [1.29, 1.82) is 0 Å². The largest absolute Gasteiger partial charge is 0.459 e. The van der Waals surface area contributed by atoms with E-state index in [1.807, 2.05) is 13.8 Å². The Morgan fingerprint density at radius 2 is 2.06 bits per heavy atom. The molecule has 0 amide bonds. The lowest BCUT2D eigenvalue weighted by Gasteiger charge is -2.18. The zero-order valence-corrected chi connectivity index (χ0v) is 18.4. The van der Waals surface area contributed by atoms with Gasteiger partial charge in [0.25, 0.3) is 5.56 Å². The predicted molar refractivity (Wildman–Crippen MR) is 111 cm³/mol. The fourth-order valence-corrected chi connectivity index (χ4v) is 3.35. The van der Waals surface area contributed by atoms with Crippen LogP contribution < -0.4 is 11.2 Å². The summed E-state index contributed by atoms with van der Waals surface area (Å²) < 4.78 is 57.0. The molecule has 34 heavy (non-hydrogen) atoms. The molecule has 1 aliphatic heterocycles. The highest BCUT2D eigenvalue weighted by Gasteiger charge is 2.41. The van der Waals surface area contributed by atoms with Gasteiger partial charge in [0.15, 0.2) is 5.76 Å². The first-order chi connectivity index (χ1) is 16.0. The molecule has 0 radical (unpaired) electrons. The second kappa shape index (κ2) is 10.4. The molecule has 3 atom stereocenters. The standard InChI is InChI=1S/C22H23F3N2O7/c1-13(2)6-3-4-8-33-16-10-18(34-17(16)12-28)26-11-14(22(23,24)25)19(29)27(21(26)31)20(30)15-7-5-9-32-15/h5,7,9,11,13,16-18,28H,6,8,10,12H2,1-2H3/t16-,17+,18+/m0/s1. The highest BCUT2D eigenvalue weighted by atomic mass is 19.4. The van der Waals surface area contributed by atoms with Gasteiger partial charge in [0, 0.05) is 19.0 Å². The summed E-state index contributed by atoms with van der Waals surface area (Å²) in [7, 11) is 0. The Bertz CT molecular complexity index is 1190. The van der Waals surface area contributed by atoms with Gasteiger partial charge in [-0.25, -0.2) is 4.79 Å². The zero-order chi connectivity index (χ0) is 25.0. The van der Waals surface area contributed by atoms with Crippen LogP contribution in [-0.2, 0) is 15.7 Å². The normalized spacial score (nSPS) is 20.4. The van der Waals surface area contributed by atoms with Crippen LogP contribution in [0.25, 0.3) is 0 Å². The molecule has 2 aromatic rings. The van der Waals surface area contributed by atoms with Crippen molar-refractivity contribution in [2.45, 2.75) is 51.3 Å². The monoisotopic (exact) mass is 484 g/mol. The van der Waals surface area contributed by atoms with Crippen LogP contribution in [-0.4, -0.2) is 45.6 Å². The van der Waals surface area contributed by atoms with E-state index in [0.29, 0.717) is 23.1 Å². The number of carbonyl (C=O) groups is 1. The molecule has 0 aliphatic carbocycles.